The molecule has 0 fully saturated rings. The van der Waals surface area contributed by atoms with Crippen molar-refractivity contribution in [2.75, 3.05) is 0 Å². The van der Waals surface area contributed by atoms with E-state index in [0.717, 1.165) is 16.7 Å². The van der Waals surface area contributed by atoms with Crippen LogP contribution in [0.15, 0.2) is 91.3 Å². The number of amides is 2. The van der Waals surface area contributed by atoms with E-state index in [1.807, 2.05) is 53.3 Å². The topological polar surface area (TPSA) is 76.0 Å². The van der Waals surface area contributed by atoms with Gasteiger partial charge in [0.15, 0.2) is 0 Å². The van der Waals surface area contributed by atoms with E-state index in [2.05, 4.69) is 16.0 Å². The zero-order valence-corrected chi connectivity index (χ0v) is 17.2. The molecule has 4 aromatic rings. The van der Waals surface area contributed by atoms with Gasteiger partial charge >= 0.3 is 0 Å². The number of aromatic nitrogens is 2. The number of carbonyl (C=O) groups is 2. The molecule has 31 heavy (non-hydrogen) atoms. The van der Waals surface area contributed by atoms with Crippen LogP contribution in [-0.2, 0) is 6.54 Å². The number of hydrogen-bond donors (Lipinski definition) is 2. The first-order valence-electron chi connectivity index (χ1n) is 9.63. The molecule has 0 aliphatic heterocycles. The maximum absolute atomic E-state index is 12.8. The highest BCUT2D eigenvalue weighted by atomic mass is 35.5. The fourth-order valence-corrected chi connectivity index (χ4v) is 3.42. The molecule has 0 atom stereocenters. The van der Waals surface area contributed by atoms with Gasteiger partial charge in [-0.05, 0) is 41.0 Å². The summed E-state index contributed by atoms with van der Waals surface area (Å²) < 4.78 is 1.85. The molecular formula is C24H19ClN4O2. The average Bonchev–Trinajstić information content (AvgIpc) is 3.31. The Kier molecular flexibility index (Phi) is 6.10. The van der Waals surface area contributed by atoms with Gasteiger partial charge in [0.25, 0.3) is 11.8 Å². The molecule has 0 unspecified atom stereocenters. The van der Waals surface area contributed by atoms with E-state index in [1.54, 1.807) is 42.6 Å². The molecule has 7 heteroatoms. The van der Waals surface area contributed by atoms with Crippen molar-refractivity contribution in [2.45, 2.75) is 6.54 Å². The van der Waals surface area contributed by atoms with Crippen LogP contribution in [0.3, 0.4) is 0 Å². The molecule has 0 bridgehead atoms. The van der Waals surface area contributed by atoms with Crippen LogP contribution >= 0.6 is 11.6 Å². The van der Waals surface area contributed by atoms with E-state index >= 15 is 0 Å². The Morgan fingerprint density at radius 3 is 2.13 bits per heavy atom. The normalized spacial score (nSPS) is 10.5. The molecular weight excluding hydrogens is 412 g/mol. The molecule has 0 saturated heterocycles. The first-order chi connectivity index (χ1) is 15.1. The smallest absolute Gasteiger partial charge is 0.268 e. The van der Waals surface area contributed by atoms with Crippen LogP contribution in [0.5, 0.6) is 0 Å². The van der Waals surface area contributed by atoms with E-state index in [1.165, 1.54) is 0 Å². The first kappa shape index (κ1) is 20.4. The summed E-state index contributed by atoms with van der Waals surface area (Å²) in [6.07, 6.45) is 3.65. The number of halogens is 1. The number of nitrogens with zero attached hydrogens (tertiary/aromatic N) is 2. The van der Waals surface area contributed by atoms with Gasteiger partial charge in [0, 0.05) is 18.0 Å². The average molecular weight is 431 g/mol. The van der Waals surface area contributed by atoms with E-state index in [9.17, 15) is 9.59 Å². The number of hydrogen-bond acceptors (Lipinski definition) is 3. The molecule has 0 aliphatic rings. The summed E-state index contributed by atoms with van der Waals surface area (Å²) in [6.45, 7) is 0.670. The van der Waals surface area contributed by atoms with E-state index in [0.29, 0.717) is 17.1 Å². The second-order valence-corrected chi connectivity index (χ2v) is 7.24. The van der Waals surface area contributed by atoms with Crippen LogP contribution in [0.4, 0.5) is 0 Å². The van der Waals surface area contributed by atoms with Crippen molar-refractivity contribution in [3.63, 3.8) is 0 Å². The molecule has 6 nitrogen and oxygen atoms in total. The van der Waals surface area contributed by atoms with Gasteiger partial charge in [-0.25, -0.2) is 0 Å². The molecule has 0 spiro atoms. The van der Waals surface area contributed by atoms with Gasteiger partial charge in [0.1, 0.15) is 0 Å². The standard InChI is InChI=1S/C24H19ClN4O2/c25-22-9-4-3-8-21(22)24(31)28-27-23(30)20-7-2-1-6-19(20)18-12-10-17(11-13-18)16-29-15-5-14-26-29/h1-15H,16H2,(H,27,30)(H,28,31). The maximum atomic E-state index is 12.8. The van der Waals surface area contributed by atoms with Crippen LogP contribution in [0.25, 0.3) is 11.1 Å². The Hall–Kier alpha value is -3.90. The summed E-state index contributed by atoms with van der Waals surface area (Å²) in [5.41, 5.74) is 8.37. The lowest BCUT2D eigenvalue weighted by atomic mass is 9.98. The number of nitrogens with one attached hydrogen (secondary N) is 2. The van der Waals surface area contributed by atoms with Crippen LogP contribution in [0.2, 0.25) is 5.02 Å². The number of benzene rings is 3. The predicted molar refractivity (Wildman–Crippen MR) is 120 cm³/mol. The monoisotopic (exact) mass is 430 g/mol. The zero-order chi connectivity index (χ0) is 21.6. The van der Waals surface area contributed by atoms with E-state index in [-0.39, 0.29) is 5.56 Å². The lowest BCUT2D eigenvalue weighted by molar-refractivity contribution is 0.0847. The van der Waals surface area contributed by atoms with Crippen LogP contribution < -0.4 is 10.9 Å². The number of carbonyl (C=O) groups excluding carboxylic acids is 2. The fourth-order valence-electron chi connectivity index (χ4n) is 3.20. The maximum Gasteiger partial charge on any atom is 0.271 e. The van der Waals surface area contributed by atoms with Crippen molar-refractivity contribution in [1.82, 2.24) is 20.6 Å². The van der Waals surface area contributed by atoms with Gasteiger partial charge in [-0.15, -0.1) is 0 Å². The Bertz CT molecular complexity index is 1200. The summed E-state index contributed by atoms with van der Waals surface area (Å²) in [6, 6.07) is 23.7. The Labute approximate surface area is 184 Å². The lowest BCUT2D eigenvalue weighted by Gasteiger charge is -2.12. The molecule has 2 amide bonds. The number of hydrazine groups is 1. The molecule has 0 saturated carbocycles. The van der Waals surface area contributed by atoms with E-state index in [4.69, 9.17) is 11.6 Å². The van der Waals surface area contributed by atoms with Gasteiger partial charge in [-0.1, -0.05) is 66.2 Å². The molecule has 1 heterocycles. The SMILES string of the molecule is O=C(NNC(=O)c1ccccc1-c1ccc(Cn2cccn2)cc1)c1ccccc1Cl. The van der Waals surface area contributed by atoms with Gasteiger partial charge in [-0.3, -0.25) is 25.1 Å². The Morgan fingerprint density at radius 2 is 1.45 bits per heavy atom. The third-order valence-corrected chi connectivity index (χ3v) is 5.08. The van der Waals surface area contributed by atoms with Crippen molar-refractivity contribution in [2.24, 2.45) is 0 Å². The fraction of sp³-hybridized carbons (Fsp3) is 0.0417. The van der Waals surface area contributed by atoms with Crippen molar-refractivity contribution in [3.8, 4) is 11.1 Å². The summed E-state index contributed by atoms with van der Waals surface area (Å²) in [5.74, 6) is -0.906. The lowest BCUT2D eigenvalue weighted by Crippen LogP contribution is -2.41. The van der Waals surface area contributed by atoms with Gasteiger partial charge in [-0.2, -0.15) is 5.10 Å². The quantitative estimate of drug-likeness (QED) is 0.463. The van der Waals surface area contributed by atoms with Crippen molar-refractivity contribution < 1.29 is 9.59 Å². The Morgan fingerprint density at radius 1 is 0.806 bits per heavy atom. The van der Waals surface area contributed by atoms with Gasteiger partial charge in [0.05, 0.1) is 17.1 Å². The number of rotatable bonds is 5. The first-order valence-corrected chi connectivity index (χ1v) is 10.0. The minimum atomic E-state index is -0.487. The van der Waals surface area contributed by atoms with Crippen LogP contribution in [-0.4, -0.2) is 21.6 Å². The minimum absolute atomic E-state index is 0.283. The second kappa shape index (κ2) is 9.28. The van der Waals surface area contributed by atoms with Crippen molar-refractivity contribution >= 4 is 23.4 Å². The Balaban J connectivity index is 1.48. The highest BCUT2D eigenvalue weighted by molar-refractivity contribution is 6.33. The molecule has 0 aliphatic carbocycles. The zero-order valence-electron chi connectivity index (χ0n) is 16.5. The van der Waals surface area contributed by atoms with Crippen LogP contribution in [0.1, 0.15) is 26.3 Å². The molecule has 3 aromatic carbocycles. The van der Waals surface area contributed by atoms with Crippen LogP contribution in [0, 0.1) is 0 Å². The largest absolute Gasteiger partial charge is 0.271 e. The molecule has 4 rings (SSSR count). The molecule has 2 N–H and O–H groups in total. The summed E-state index contributed by atoms with van der Waals surface area (Å²) in [4.78, 5) is 25.1. The summed E-state index contributed by atoms with van der Waals surface area (Å²) >= 11 is 6.04. The summed E-state index contributed by atoms with van der Waals surface area (Å²) in [5, 5.41) is 4.52. The molecule has 1 aromatic heterocycles. The van der Waals surface area contributed by atoms with E-state index < -0.39 is 11.8 Å². The predicted octanol–water partition coefficient (Wildman–Crippen LogP) is 4.33. The highest BCUT2D eigenvalue weighted by Crippen LogP contribution is 2.24. The van der Waals surface area contributed by atoms with Crippen molar-refractivity contribution in [1.29, 1.82) is 0 Å². The third-order valence-electron chi connectivity index (χ3n) is 4.75. The van der Waals surface area contributed by atoms with Crippen molar-refractivity contribution in [3.05, 3.63) is 113 Å². The van der Waals surface area contributed by atoms with Gasteiger partial charge in [0.2, 0.25) is 0 Å². The third kappa shape index (κ3) is 4.82. The minimum Gasteiger partial charge on any atom is -0.268 e. The van der Waals surface area contributed by atoms with Gasteiger partial charge < -0.3 is 0 Å². The molecule has 154 valence electrons. The molecule has 0 radical (unpaired) electrons. The highest BCUT2D eigenvalue weighted by Gasteiger charge is 2.15. The summed E-state index contributed by atoms with van der Waals surface area (Å²) in [7, 11) is 0. The second-order valence-electron chi connectivity index (χ2n) is 6.83.